The number of carbonyl (C=O) groups is 1. The molecule has 1 rings (SSSR count). The lowest BCUT2D eigenvalue weighted by molar-refractivity contribution is -0.143. The molecule has 0 radical (unpaired) electrons. The molecule has 1 fully saturated rings. The number of aliphatic hydroxyl groups is 1. The van der Waals surface area contributed by atoms with E-state index < -0.39 is 5.60 Å². The van der Waals surface area contributed by atoms with Gasteiger partial charge in [-0.2, -0.15) is 0 Å². The summed E-state index contributed by atoms with van der Waals surface area (Å²) in [4.78, 5) is 11.1. The molecule has 0 unspecified atom stereocenters. The second kappa shape index (κ2) is 7.67. The molecule has 0 saturated heterocycles. The van der Waals surface area contributed by atoms with Crippen molar-refractivity contribution in [3.63, 3.8) is 0 Å². The summed E-state index contributed by atoms with van der Waals surface area (Å²) in [5.41, 5.74) is -0.564. The van der Waals surface area contributed by atoms with Crippen LogP contribution in [0.25, 0.3) is 0 Å². The molecule has 0 aromatic heterocycles. The van der Waals surface area contributed by atoms with Gasteiger partial charge >= 0.3 is 5.97 Å². The monoisotopic (exact) mass is 243 g/mol. The Morgan fingerprint density at radius 1 is 1.29 bits per heavy atom. The lowest BCUT2D eigenvalue weighted by atomic mass is 9.94. The molecule has 0 atom stereocenters. The Morgan fingerprint density at radius 2 is 1.94 bits per heavy atom. The highest BCUT2D eigenvalue weighted by Gasteiger charge is 2.27. The van der Waals surface area contributed by atoms with Crippen molar-refractivity contribution in [1.29, 1.82) is 0 Å². The summed E-state index contributed by atoms with van der Waals surface area (Å²) in [7, 11) is 0. The fourth-order valence-corrected chi connectivity index (χ4v) is 2.31. The molecule has 1 aliphatic rings. The van der Waals surface area contributed by atoms with Crippen molar-refractivity contribution >= 4 is 5.97 Å². The van der Waals surface area contributed by atoms with E-state index in [2.05, 4.69) is 5.32 Å². The highest BCUT2D eigenvalue weighted by molar-refractivity contribution is 5.69. The quantitative estimate of drug-likeness (QED) is 0.423. The van der Waals surface area contributed by atoms with E-state index in [1.807, 2.05) is 0 Å². The molecule has 0 aromatic rings. The SMILES string of the molecule is CCOC(=O)CCNCC1(O)CCCCCC1. The van der Waals surface area contributed by atoms with E-state index in [0.29, 0.717) is 26.1 Å². The zero-order chi connectivity index (χ0) is 12.6. The normalized spacial score (nSPS) is 19.6. The van der Waals surface area contributed by atoms with Gasteiger partial charge in [0.25, 0.3) is 0 Å². The molecule has 4 nitrogen and oxygen atoms in total. The van der Waals surface area contributed by atoms with Crippen LogP contribution in [0.4, 0.5) is 0 Å². The molecular formula is C13H25NO3. The van der Waals surface area contributed by atoms with Crippen molar-refractivity contribution in [2.24, 2.45) is 0 Å². The predicted molar refractivity (Wildman–Crippen MR) is 66.8 cm³/mol. The van der Waals surface area contributed by atoms with Gasteiger partial charge < -0.3 is 15.2 Å². The maximum Gasteiger partial charge on any atom is 0.307 e. The first kappa shape index (κ1) is 14.5. The predicted octanol–water partition coefficient (Wildman–Crippen LogP) is 1.61. The van der Waals surface area contributed by atoms with Crippen LogP contribution in [0.1, 0.15) is 51.9 Å². The molecular weight excluding hydrogens is 218 g/mol. The van der Waals surface area contributed by atoms with Crippen LogP contribution in [0.2, 0.25) is 0 Å². The summed E-state index contributed by atoms with van der Waals surface area (Å²) in [5.74, 6) is -0.173. The minimum absolute atomic E-state index is 0.173. The van der Waals surface area contributed by atoms with Crippen molar-refractivity contribution in [1.82, 2.24) is 5.32 Å². The van der Waals surface area contributed by atoms with Crippen molar-refractivity contribution in [3.05, 3.63) is 0 Å². The molecule has 1 saturated carbocycles. The molecule has 0 aromatic carbocycles. The van der Waals surface area contributed by atoms with Gasteiger partial charge in [-0.05, 0) is 19.8 Å². The van der Waals surface area contributed by atoms with Crippen LogP contribution < -0.4 is 5.32 Å². The topological polar surface area (TPSA) is 58.6 Å². The van der Waals surface area contributed by atoms with E-state index in [0.717, 1.165) is 25.7 Å². The van der Waals surface area contributed by atoms with Crippen LogP contribution in [-0.2, 0) is 9.53 Å². The first-order valence-electron chi connectivity index (χ1n) is 6.75. The summed E-state index contributed by atoms with van der Waals surface area (Å²) in [5, 5.41) is 13.5. The largest absolute Gasteiger partial charge is 0.466 e. The van der Waals surface area contributed by atoms with E-state index in [9.17, 15) is 9.90 Å². The lowest BCUT2D eigenvalue weighted by Gasteiger charge is -2.26. The molecule has 0 aliphatic heterocycles. The zero-order valence-corrected chi connectivity index (χ0v) is 10.8. The van der Waals surface area contributed by atoms with Crippen LogP contribution in [0, 0.1) is 0 Å². The number of hydrogen-bond acceptors (Lipinski definition) is 4. The standard InChI is InChI=1S/C13H25NO3/c1-2-17-12(15)7-10-14-11-13(16)8-5-3-4-6-9-13/h14,16H,2-11H2,1H3. The molecule has 4 heteroatoms. The Bertz CT molecular complexity index is 223. The fourth-order valence-electron chi connectivity index (χ4n) is 2.31. The van der Waals surface area contributed by atoms with Crippen LogP contribution in [-0.4, -0.2) is 36.4 Å². The average Bonchev–Trinajstić information content (AvgIpc) is 2.51. The van der Waals surface area contributed by atoms with Crippen LogP contribution >= 0.6 is 0 Å². The fraction of sp³-hybridized carbons (Fsp3) is 0.923. The van der Waals surface area contributed by atoms with Gasteiger partial charge in [0.2, 0.25) is 0 Å². The van der Waals surface area contributed by atoms with Gasteiger partial charge in [-0.1, -0.05) is 25.7 Å². The van der Waals surface area contributed by atoms with E-state index in [-0.39, 0.29) is 5.97 Å². The van der Waals surface area contributed by atoms with Crippen LogP contribution in [0.5, 0.6) is 0 Å². The summed E-state index contributed by atoms with van der Waals surface area (Å²) in [6.07, 6.45) is 6.80. The molecule has 0 heterocycles. The second-order valence-electron chi connectivity index (χ2n) is 4.87. The van der Waals surface area contributed by atoms with Gasteiger partial charge in [-0.3, -0.25) is 4.79 Å². The van der Waals surface area contributed by atoms with Gasteiger partial charge in [0, 0.05) is 13.1 Å². The third-order valence-corrected chi connectivity index (χ3v) is 3.30. The maximum absolute atomic E-state index is 11.1. The highest BCUT2D eigenvalue weighted by Crippen LogP contribution is 2.26. The Labute approximate surface area is 104 Å². The minimum Gasteiger partial charge on any atom is -0.466 e. The maximum atomic E-state index is 11.1. The van der Waals surface area contributed by atoms with Crippen molar-refractivity contribution in [2.75, 3.05) is 19.7 Å². The third-order valence-electron chi connectivity index (χ3n) is 3.30. The molecule has 100 valence electrons. The number of nitrogens with one attached hydrogen (secondary N) is 1. The highest BCUT2D eigenvalue weighted by atomic mass is 16.5. The Hall–Kier alpha value is -0.610. The van der Waals surface area contributed by atoms with Crippen LogP contribution in [0.15, 0.2) is 0 Å². The van der Waals surface area contributed by atoms with E-state index >= 15 is 0 Å². The molecule has 0 spiro atoms. The molecule has 0 amide bonds. The minimum atomic E-state index is -0.564. The number of rotatable bonds is 6. The first-order chi connectivity index (χ1) is 8.16. The number of esters is 1. The number of ether oxygens (including phenoxy) is 1. The Balaban J connectivity index is 2.13. The van der Waals surface area contributed by atoms with Gasteiger partial charge in [0.15, 0.2) is 0 Å². The van der Waals surface area contributed by atoms with E-state index in [1.54, 1.807) is 6.92 Å². The summed E-state index contributed by atoms with van der Waals surface area (Å²) in [6.45, 7) is 3.41. The van der Waals surface area contributed by atoms with Gasteiger partial charge in [-0.15, -0.1) is 0 Å². The molecule has 17 heavy (non-hydrogen) atoms. The van der Waals surface area contributed by atoms with E-state index in [4.69, 9.17) is 4.74 Å². The van der Waals surface area contributed by atoms with Gasteiger partial charge in [-0.25, -0.2) is 0 Å². The third kappa shape index (κ3) is 6.03. The lowest BCUT2D eigenvalue weighted by Crippen LogP contribution is -2.40. The van der Waals surface area contributed by atoms with E-state index in [1.165, 1.54) is 12.8 Å². The van der Waals surface area contributed by atoms with Crippen molar-refractivity contribution in [3.8, 4) is 0 Å². The van der Waals surface area contributed by atoms with Gasteiger partial charge in [0.05, 0.1) is 18.6 Å². The van der Waals surface area contributed by atoms with Crippen molar-refractivity contribution < 1.29 is 14.6 Å². The average molecular weight is 243 g/mol. The summed E-state index contributed by atoms with van der Waals surface area (Å²) < 4.78 is 4.84. The summed E-state index contributed by atoms with van der Waals surface area (Å²) in [6, 6.07) is 0. The Morgan fingerprint density at radius 3 is 2.53 bits per heavy atom. The van der Waals surface area contributed by atoms with Crippen molar-refractivity contribution in [2.45, 2.75) is 57.5 Å². The van der Waals surface area contributed by atoms with Gasteiger partial charge in [0.1, 0.15) is 0 Å². The van der Waals surface area contributed by atoms with Crippen LogP contribution in [0.3, 0.4) is 0 Å². The molecule has 1 aliphatic carbocycles. The number of carbonyl (C=O) groups excluding carboxylic acids is 1. The number of hydrogen-bond donors (Lipinski definition) is 2. The zero-order valence-electron chi connectivity index (χ0n) is 10.8. The summed E-state index contributed by atoms with van der Waals surface area (Å²) >= 11 is 0. The smallest absolute Gasteiger partial charge is 0.307 e. The first-order valence-corrected chi connectivity index (χ1v) is 6.75. The molecule has 0 bridgehead atoms. The molecule has 2 N–H and O–H groups in total. The second-order valence-corrected chi connectivity index (χ2v) is 4.87. The Kier molecular flexibility index (Phi) is 6.52.